The van der Waals surface area contributed by atoms with E-state index in [-0.39, 0.29) is 11.9 Å². The average molecular weight is 234 g/mol. The topological polar surface area (TPSA) is 106 Å². The highest BCUT2D eigenvalue weighted by atomic mass is 15.1. The van der Waals surface area contributed by atoms with Gasteiger partial charge in [-0.25, -0.2) is 4.99 Å². The zero-order valence-electron chi connectivity index (χ0n) is 10.3. The Labute approximate surface area is 101 Å². The molecule has 0 aliphatic rings. The smallest absolute Gasteiger partial charge is 0.223 e. The monoisotopic (exact) mass is 234 g/mol. The highest BCUT2D eigenvalue weighted by molar-refractivity contribution is 5.94. The van der Waals surface area contributed by atoms with Crippen LogP contribution in [0.3, 0.4) is 0 Å². The third-order valence-corrected chi connectivity index (χ3v) is 2.09. The Balaban J connectivity index is 3.20. The van der Waals surface area contributed by atoms with Gasteiger partial charge in [-0.2, -0.15) is 4.99 Å². The molecular weight excluding hydrogens is 216 g/mol. The van der Waals surface area contributed by atoms with Gasteiger partial charge in [0.25, 0.3) is 0 Å². The van der Waals surface area contributed by atoms with Crippen molar-refractivity contribution in [2.24, 2.45) is 27.2 Å². The third-order valence-electron chi connectivity index (χ3n) is 2.09. The van der Waals surface area contributed by atoms with E-state index < -0.39 is 0 Å². The predicted octanol–water partition coefficient (Wildman–Crippen LogP) is 0.281. The first-order valence-electron chi connectivity index (χ1n) is 5.12. The molecule has 0 saturated heterocycles. The maximum absolute atomic E-state index is 5.61. The molecule has 0 saturated carbocycles. The minimum Gasteiger partial charge on any atom is -0.376 e. The molecule has 1 aromatic carbocycles. The summed E-state index contributed by atoms with van der Waals surface area (Å²) in [7, 11) is 3.86. The maximum Gasteiger partial charge on any atom is 0.223 e. The van der Waals surface area contributed by atoms with E-state index in [1.807, 2.05) is 44.1 Å². The van der Waals surface area contributed by atoms with Crippen molar-refractivity contribution in [3.05, 3.63) is 23.8 Å². The van der Waals surface area contributed by atoms with Crippen LogP contribution in [0, 0.1) is 6.92 Å². The lowest BCUT2D eigenvalue weighted by molar-refractivity contribution is 1.12. The number of guanidine groups is 2. The Morgan fingerprint density at radius 3 is 2.35 bits per heavy atom. The van der Waals surface area contributed by atoms with E-state index in [1.165, 1.54) is 0 Å². The number of nitrogens with two attached hydrogens (primary N) is 3. The van der Waals surface area contributed by atoms with Crippen molar-refractivity contribution in [1.82, 2.24) is 0 Å². The molecule has 0 unspecified atom stereocenters. The normalized spacial score (nSPS) is 11.1. The quantitative estimate of drug-likeness (QED) is 0.504. The number of hydrogen-bond donors (Lipinski definition) is 3. The largest absolute Gasteiger partial charge is 0.376 e. The van der Waals surface area contributed by atoms with Gasteiger partial charge in [0.15, 0.2) is 5.96 Å². The molecule has 92 valence electrons. The van der Waals surface area contributed by atoms with E-state index >= 15 is 0 Å². The molecule has 6 N–H and O–H groups in total. The summed E-state index contributed by atoms with van der Waals surface area (Å²) in [5, 5.41) is 0. The van der Waals surface area contributed by atoms with Crippen LogP contribution < -0.4 is 22.1 Å². The molecule has 0 aromatic heterocycles. The molecule has 6 nitrogen and oxygen atoms in total. The Hall–Kier alpha value is -2.24. The number of aryl methyl sites for hydroxylation is 1. The molecule has 0 amide bonds. The number of nitrogens with zero attached hydrogens (tertiary/aromatic N) is 3. The standard InChI is InChI=1S/C11H18N6/c1-7-4-5-9(17(2)3)8(6-7)15-11(14)16-10(12)13/h4-6H,1-3H3,(H6,12,13,14,15,16). The number of benzene rings is 1. The highest BCUT2D eigenvalue weighted by Crippen LogP contribution is 2.28. The van der Waals surface area contributed by atoms with Crippen LogP contribution >= 0.6 is 0 Å². The summed E-state index contributed by atoms with van der Waals surface area (Å²) < 4.78 is 0. The molecule has 0 heterocycles. The molecule has 0 bridgehead atoms. The Bertz CT molecular complexity index is 457. The van der Waals surface area contributed by atoms with Gasteiger partial charge in [-0.1, -0.05) is 6.07 Å². The summed E-state index contributed by atoms with van der Waals surface area (Å²) in [5.41, 5.74) is 18.8. The third kappa shape index (κ3) is 3.67. The maximum atomic E-state index is 5.61. The Morgan fingerprint density at radius 1 is 1.18 bits per heavy atom. The number of aliphatic imine (C=N–C) groups is 2. The second-order valence-electron chi connectivity index (χ2n) is 3.89. The molecule has 6 heteroatoms. The molecule has 0 aliphatic heterocycles. The van der Waals surface area contributed by atoms with Crippen molar-refractivity contribution in [2.45, 2.75) is 6.92 Å². The molecule has 0 atom stereocenters. The minimum absolute atomic E-state index is 0.0405. The number of rotatable bonds is 2. The highest BCUT2D eigenvalue weighted by Gasteiger charge is 2.04. The number of anilines is 1. The van der Waals surface area contributed by atoms with Crippen LogP contribution in [-0.2, 0) is 0 Å². The van der Waals surface area contributed by atoms with Crippen molar-refractivity contribution in [1.29, 1.82) is 0 Å². The van der Waals surface area contributed by atoms with Crippen molar-refractivity contribution >= 4 is 23.3 Å². The summed E-state index contributed by atoms with van der Waals surface area (Å²) in [6.45, 7) is 1.98. The van der Waals surface area contributed by atoms with Gasteiger partial charge in [-0.3, -0.25) is 0 Å². The average Bonchev–Trinajstić information content (AvgIpc) is 2.15. The van der Waals surface area contributed by atoms with Gasteiger partial charge in [0.05, 0.1) is 11.4 Å². The summed E-state index contributed by atoms with van der Waals surface area (Å²) in [4.78, 5) is 9.82. The predicted molar refractivity (Wildman–Crippen MR) is 72.6 cm³/mol. The number of hydrogen-bond acceptors (Lipinski definition) is 2. The Kier molecular flexibility index (Phi) is 3.92. The zero-order valence-corrected chi connectivity index (χ0v) is 10.3. The van der Waals surface area contributed by atoms with Crippen molar-refractivity contribution < 1.29 is 0 Å². The van der Waals surface area contributed by atoms with Crippen LogP contribution in [-0.4, -0.2) is 26.0 Å². The summed E-state index contributed by atoms with van der Waals surface area (Å²) in [5.74, 6) is -0.0657. The molecule has 17 heavy (non-hydrogen) atoms. The van der Waals surface area contributed by atoms with E-state index in [4.69, 9.17) is 17.2 Å². The van der Waals surface area contributed by atoms with Gasteiger partial charge < -0.3 is 22.1 Å². The molecule has 0 fully saturated rings. The van der Waals surface area contributed by atoms with Crippen LogP contribution in [0.25, 0.3) is 0 Å². The van der Waals surface area contributed by atoms with Crippen molar-refractivity contribution in [2.75, 3.05) is 19.0 Å². The molecule has 1 rings (SSSR count). The van der Waals surface area contributed by atoms with Gasteiger partial charge in [0.2, 0.25) is 5.96 Å². The lowest BCUT2D eigenvalue weighted by atomic mass is 10.2. The first-order valence-corrected chi connectivity index (χ1v) is 5.12. The molecule has 0 aliphatic carbocycles. The van der Waals surface area contributed by atoms with Crippen molar-refractivity contribution in [3.63, 3.8) is 0 Å². The van der Waals surface area contributed by atoms with E-state index in [9.17, 15) is 0 Å². The van der Waals surface area contributed by atoms with Gasteiger partial charge in [0, 0.05) is 14.1 Å². The summed E-state index contributed by atoms with van der Waals surface area (Å²) in [6.07, 6.45) is 0. The van der Waals surface area contributed by atoms with E-state index in [0.29, 0.717) is 0 Å². The Morgan fingerprint density at radius 2 is 1.82 bits per heavy atom. The SMILES string of the molecule is Cc1ccc(N(C)C)c(N=C(N)N=C(N)N)c1. The van der Waals surface area contributed by atoms with Crippen LogP contribution in [0.5, 0.6) is 0 Å². The van der Waals surface area contributed by atoms with Gasteiger partial charge in [-0.05, 0) is 24.6 Å². The van der Waals surface area contributed by atoms with Crippen LogP contribution in [0.2, 0.25) is 0 Å². The van der Waals surface area contributed by atoms with E-state index in [1.54, 1.807) is 0 Å². The molecule has 0 radical (unpaired) electrons. The minimum atomic E-state index is -0.106. The van der Waals surface area contributed by atoms with Crippen LogP contribution in [0.1, 0.15) is 5.56 Å². The first-order chi connectivity index (χ1) is 7.90. The van der Waals surface area contributed by atoms with Gasteiger partial charge >= 0.3 is 0 Å². The molecular formula is C11H18N6. The fourth-order valence-electron chi connectivity index (χ4n) is 1.38. The van der Waals surface area contributed by atoms with Crippen molar-refractivity contribution in [3.8, 4) is 0 Å². The van der Waals surface area contributed by atoms with E-state index in [2.05, 4.69) is 9.98 Å². The lowest BCUT2D eigenvalue weighted by Crippen LogP contribution is -2.26. The fourth-order valence-corrected chi connectivity index (χ4v) is 1.38. The fraction of sp³-hybridized carbons (Fsp3) is 0.273. The summed E-state index contributed by atoms with van der Waals surface area (Å²) >= 11 is 0. The zero-order chi connectivity index (χ0) is 13.0. The van der Waals surface area contributed by atoms with Crippen LogP contribution in [0.4, 0.5) is 11.4 Å². The molecule has 0 spiro atoms. The second kappa shape index (κ2) is 5.20. The second-order valence-corrected chi connectivity index (χ2v) is 3.89. The first kappa shape index (κ1) is 12.8. The summed E-state index contributed by atoms with van der Waals surface area (Å²) in [6, 6.07) is 5.90. The molecule has 1 aromatic rings. The van der Waals surface area contributed by atoms with Crippen LogP contribution in [0.15, 0.2) is 28.2 Å². The van der Waals surface area contributed by atoms with Gasteiger partial charge in [0.1, 0.15) is 0 Å². The lowest BCUT2D eigenvalue weighted by Gasteiger charge is -2.15. The van der Waals surface area contributed by atoms with Gasteiger partial charge in [-0.15, -0.1) is 0 Å². The van der Waals surface area contributed by atoms with E-state index in [0.717, 1.165) is 16.9 Å².